The van der Waals surface area contributed by atoms with E-state index in [0.717, 1.165) is 57.8 Å². The smallest absolute Gasteiger partial charge is 0.306 e. The Kier molecular flexibility index (Phi) is 49.1. The first kappa shape index (κ1) is 60.8. The fourth-order valence-electron chi connectivity index (χ4n) is 8.23. The van der Waals surface area contributed by atoms with E-state index in [-0.39, 0.29) is 24.9 Å². The molecule has 6 nitrogen and oxygen atoms in total. The summed E-state index contributed by atoms with van der Waals surface area (Å²) in [6, 6.07) is -0.728. The van der Waals surface area contributed by atoms with E-state index < -0.39 is 18.2 Å². The molecule has 0 heterocycles. The van der Waals surface area contributed by atoms with Gasteiger partial charge in [0.2, 0.25) is 5.91 Å². The van der Waals surface area contributed by atoms with Crippen LogP contribution in [0.2, 0.25) is 0 Å². The predicted octanol–water partition coefficient (Wildman–Crippen LogP) is 16.6. The maximum Gasteiger partial charge on any atom is 0.306 e. The van der Waals surface area contributed by atoms with Crippen molar-refractivity contribution in [2.75, 3.05) is 6.61 Å². The number of hydrogen-bond donors (Lipinski definition) is 3. The molecule has 0 saturated carbocycles. The molecule has 0 aromatic heterocycles. The normalized spacial score (nSPS) is 13.5. The van der Waals surface area contributed by atoms with E-state index in [1.165, 1.54) is 173 Å². The minimum atomic E-state index is -0.808. The molecular weight excluding hydrogens is 779 g/mol. The number of unbranched alkanes of at least 4 members (excludes halogenated alkanes) is 30. The Morgan fingerprint density at radius 1 is 0.476 bits per heavy atom. The Hall–Kier alpha value is -2.18. The van der Waals surface area contributed by atoms with Gasteiger partial charge in [-0.3, -0.25) is 9.59 Å². The van der Waals surface area contributed by atoms with E-state index in [1.807, 2.05) is 6.08 Å². The molecule has 0 aliphatic carbocycles. The Morgan fingerprint density at radius 2 is 0.841 bits per heavy atom. The third-order valence-electron chi connectivity index (χ3n) is 12.4. The molecule has 63 heavy (non-hydrogen) atoms. The largest absolute Gasteiger partial charge is 0.461 e. The summed E-state index contributed by atoms with van der Waals surface area (Å²) in [5, 5.41) is 23.7. The third-order valence-corrected chi connectivity index (χ3v) is 12.4. The van der Waals surface area contributed by atoms with Crippen molar-refractivity contribution in [3.8, 4) is 0 Å². The van der Waals surface area contributed by atoms with Crippen molar-refractivity contribution in [3.05, 3.63) is 48.6 Å². The zero-order valence-electron chi connectivity index (χ0n) is 42.0. The van der Waals surface area contributed by atoms with Gasteiger partial charge >= 0.3 is 5.97 Å². The highest BCUT2D eigenvalue weighted by atomic mass is 16.5. The van der Waals surface area contributed by atoms with Crippen LogP contribution >= 0.6 is 0 Å². The lowest BCUT2D eigenvalue weighted by Crippen LogP contribution is -2.46. The van der Waals surface area contributed by atoms with Crippen molar-refractivity contribution >= 4 is 11.9 Å². The number of ether oxygens (including phenoxy) is 1. The monoisotopic (exact) mass is 884 g/mol. The van der Waals surface area contributed by atoms with E-state index in [0.29, 0.717) is 19.3 Å². The second kappa shape index (κ2) is 50.8. The maximum absolute atomic E-state index is 13.2. The Bertz CT molecular complexity index is 1080. The molecule has 0 aliphatic rings. The molecule has 0 rings (SSSR count). The van der Waals surface area contributed by atoms with Crippen LogP contribution in [0.5, 0.6) is 0 Å². The van der Waals surface area contributed by atoms with E-state index in [4.69, 9.17) is 4.74 Å². The molecule has 3 unspecified atom stereocenters. The van der Waals surface area contributed by atoms with Crippen LogP contribution in [-0.4, -0.2) is 46.9 Å². The van der Waals surface area contributed by atoms with Gasteiger partial charge in [0, 0.05) is 12.8 Å². The fraction of sp³-hybridized carbons (Fsp3) is 0.825. The highest BCUT2D eigenvalue weighted by molar-refractivity contribution is 5.77. The second-order valence-corrected chi connectivity index (χ2v) is 18.6. The zero-order chi connectivity index (χ0) is 45.9. The number of nitrogens with one attached hydrogen (secondary N) is 1. The Labute approximate surface area is 391 Å². The van der Waals surface area contributed by atoms with Gasteiger partial charge in [0.1, 0.15) is 6.10 Å². The van der Waals surface area contributed by atoms with E-state index in [9.17, 15) is 19.8 Å². The number of carbonyl (C=O) groups excluding carboxylic acids is 2. The van der Waals surface area contributed by atoms with Crippen LogP contribution in [0.4, 0.5) is 0 Å². The maximum atomic E-state index is 13.2. The van der Waals surface area contributed by atoms with Crippen LogP contribution in [0.25, 0.3) is 0 Å². The number of amides is 1. The van der Waals surface area contributed by atoms with Crippen molar-refractivity contribution in [1.82, 2.24) is 5.32 Å². The number of aliphatic hydroxyl groups excluding tert-OH is 2. The first-order valence-corrected chi connectivity index (χ1v) is 27.4. The Morgan fingerprint density at radius 3 is 1.27 bits per heavy atom. The molecule has 3 N–H and O–H groups in total. The number of rotatable bonds is 49. The van der Waals surface area contributed by atoms with Crippen molar-refractivity contribution in [1.29, 1.82) is 0 Å². The van der Waals surface area contributed by atoms with Gasteiger partial charge < -0.3 is 20.3 Å². The molecule has 0 bridgehead atoms. The van der Waals surface area contributed by atoms with Gasteiger partial charge in [-0.05, 0) is 44.9 Å². The van der Waals surface area contributed by atoms with Crippen molar-refractivity contribution in [3.63, 3.8) is 0 Å². The number of allylic oxidation sites excluding steroid dienone is 7. The van der Waals surface area contributed by atoms with Crippen LogP contribution < -0.4 is 5.32 Å². The molecule has 1 amide bonds. The average molecular weight is 884 g/mol. The van der Waals surface area contributed by atoms with Crippen molar-refractivity contribution < 1.29 is 24.5 Å². The molecule has 6 heteroatoms. The van der Waals surface area contributed by atoms with Crippen LogP contribution in [0, 0.1) is 0 Å². The standard InChI is InChI=1S/C57H105NO5/c1-4-7-10-13-16-19-22-24-26-27-28-29-31-33-35-38-41-44-47-50-57(62)63-53(48-45-42-39-36-34-32-30-25-23-20-17-14-11-8-5-2)51-56(61)58-54(52-59)55(60)49-46-43-40-37-21-18-15-12-9-6-3/h17,20,25,30,34,36,42,45,53-55,59-60H,4-16,18-19,21-24,26-29,31-33,35,37-41,43-44,46-52H2,1-3H3,(H,58,61)/b20-17-,30-25-,36-34-,45-42-. The molecule has 0 radical (unpaired) electrons. The predicted molar refractivity (Wildman–Crippen MR) is 273 cm³/mol. The lowest BCUT2D eigenvalue weighted by Gasteiger charge is -2.24. The number of aliphatic hydroxyl groups is 2. The SMILES string of the molecule is CCCCC/C=C\C/C=C\C/C=C\C/C=C\CC(CC(=O)NC(CO)C(O)CCCCCCCCCCCC)OC(=O)CCCCCCCCCCCCCCCCCCCCC. The van der Waals surface area contributed by atoms with Crippen LogP contribution in [0.15, 0.2) is 48.6 Å². The molecule has 0 saturated heterocycles. The highest BCUT2D eigenvalue weighted by Crippen LogP contribution is 2.17. The van der Waals surface area contributed by atoms with Gasteiger partial charge in [-0.2, -0.15) is 0 Å². The average Bonchev–Trinajstić information content (AvgIpc) is 3.28. The summed E-state index contributed by atoms with van der Waals surface area (Å²) in [6.45, 7) is 6.43. The molecule has 0 aromatic carbocycles. The van der Waals surface area contributed by atoms with Gasteiger partial charge in [0.05, 0.1) is 25.2 Å². The first-order chi connectivity index (χ1) is 31.0. The molecular formula is C57H105NO5. The molecule has 0 fully saturated rings. The number of esters is 1. The summed E-state index contributed by atoms with van der Waals surface area (Å²) < 4.78 is 5.88. The lowest BCUT2D eigenvalue weighted by molar-refractivity contribution is -0.150. The van der Waals surface area contributed by atoms with Gasteiger partial charge in [0.15, 0.2) is 0 Å². The summed E-state index contributed by atoms with van der Waals surface area (Å²) in [4.78, 5) is 26.1. The molecule has 0 aromatic rings. The molecule has 0 spiro atoms. The quantitative estimate of drug-likeness (QED) is 0.0321. The van der Waals surface area contributed by atoms with Crippen molar-refractivity contribution in [2.24, 2.45) is 0 Å². The summed E-state index contributed by atoms with van der Waals surface area (Å²) in [6.07, 6.45) is 62.0. The summed E-state index contributed by atoms with van der Waals surface area (Å²) >= 11 is 0. The number of hydrogen-bond acceptors (Lipinski definition) is 5. The second-order valence-electron chi connectivity index (χ2n) is 18.6. The minimum absolute atomic E-state index is 0.00440. The third kappa shape index (κ3) is 46.2. The lowest BCUT2D eigenvalue weighted by atomic mass is 10.0. The molecule has 0 aliphatic heterocycles. The minimum Gasteiger partial charge on any atom is -0.461 e. The van der Waals surface area contributed by atoms with E-state index in [1.54, 1.807) is 0 Å². The van der Waals surface area contributed by atoms with Gasteiger partial charge in [-0.15, -0.1) is 0 Å². The first-order valence-electron chi connectivity index (χ1n) is 27.4. The van der Waals surface area contributed by atoms with Gasteiger partial charge in [-0.1, -0.05) is 262 Å². The Balaban J connectivity index is 4.61. The van der Waals surface area contributed by atoms with Gasteiger partial charge in [0.25, 0.3) is 0 Å². The van der Waals surface area contributed by atoms with Crippen LogP contribution in [0.3, 0.4) is 0 Å². The summed E-state index contributed by atoms with van der Waals surface area (Å²) in [5.41, 5.74) is 0. The molecule has 368 valence electrons. The van der Waals surface area contributed by atoms with Gasteiger partial charge in [-0.25, -0.2) is 0 Å². The van der Waals surface area contributed by atoms with E-state index in [2.05, 4.69) is 68.6 Å². The van der Waals surface area contributed by atoms with E-state index >= 15 is 0 Å². The molecule has 3 atom stereocenters. The topological polar surface area (TPSA) is 95.9 Å². The summed E-state index contributed by atoms with van der Waals surface area (Å²) in [7, 11) is 0. The fourth-order valence-corrected chi connectivity index (χ4v) is 8.23. The summed E-state index contributed by atoms with van der Waals surface area (Å²) in [5.74, 6) is -0.566. The van der Waals surface area contributed by atoms with Crippen molar-refractivity contribution in [2.45, 2.75) is 296 Å². The number of carbonyl (C=O) groups is 2. The highest BCUT2D eigenvalue weighted by Gasteiger charge is 2.23. The van der Waals surface area contributed by atoms with Crippen LogP contribution in [0.1, 0.15) is 278 Å². The van der Waals surface area contributed by atoms with Crippen LogP contribution in [-0.2, 0) is 14.3 Å². The zero-order valence-corrected chi connectivity index (χ0v) is 42.0.